The second-order valence-corrected chi connectivity index (χ2v) is 6.23. The van der Waals surface area contributed by atoms with Gasteiger partial charge in [-0.15, -0.1) is 11.8 Å². The van der Waals surface area contributed by atoms with Gasteiger partial charge in [-0.05, 0) is 18.6 Å². The molecule has 21 heavy (non-hydrogen) atoms. The monoisotopic (exact) mass is 308 g/mol. The highest BCUT2D eigenvalue weighted by atomic mass is 32.2. The number of thioether (sulfide) groups is 1. The van der Waals surface area contributed by atoms with Crippen molar-refractivity contribution < 1.29 is 14.7 Å². The maximum atomic E-state index is 12.7. The van der Waals surface area contributed by atoms with E-state index in [4.69, 9.17) is 0 Å². The normalized spacial score (nSPS) is 21.3. The van der Waals surface area contributed by atoms with Crippen LogP contribution < -0.4 is 4.90 Å². The van der Waals surface area contributed by atoms with Crippen molar-refractivity contribution in [2.24, 2.45) is 0 Å². The minimum atomic E-state index is -0.934. The SMILES string of the molecule is CCCC1SCC(C(=O)O)N1C(=O)N(C)c1ccccc1. The Kier molecular flexibility index (Phi) is 5.12. The van der Waals surface area contributed by atoms with Crippen LogP contribution in [0.25, 0.3) is 0 Å². The molecule has 2 atom stereocenters. The topological polar surface area (TPSA) is 60.9 Å². The molecule has 1 N–H and O–H groups in total. The summed E-state index contributed by atoms with van der Waals surface area (Å²) in [4.78, 5) is 27.2. The van der Waals surface area contributed by atoms with E-state index in [1.54, 1.807) is 18.8 Å². The number of aliphatic carboxylic acids is 1. The van der Waals surface area contributed by atoms with Crippen LogP contribution in [-0.2, 0) is 4.79 Å². The summed E-state index contributed by atoms with van der Waals surface area (Å²) < 4.78 is 0. The molecule has 5 nitrogen and oxygen atoms in total. The highest BCUT2D eigenvalue weighted by molar-refractivity contribution is 8.00. The zero-order valence-corrected chi connectivity index (χ0v) is 13.0. The fourth-order valence-corrected chi connectivity index (χ4v) is 3.92. The molecule has 2 unspecified atom stereocenters. The van der Waals surface area contributed by atoms with Crippen molar-refractivity contribution in [1.82, 2.24) is 4.90 Å². The lowest BCUT2D eigenvalue weighted by Crippen LogP contribution is -2.50. The molecule has 2 amide bonds. The third kappa shape index (κ3) is 3.32. The molecule has 0 aromatic heterocycles. The van der Waals surface area contributed by atoms with Crippen LogP contribution in [0.4, 0.5) is 10.5 Å². The molecule has 114 valence electrons. The molecule has 1 saturated heterocycles. The summed E-state index contributed by atoms with van der Waals surface area (Å²) >= 11 is 1.55. The summed E-state index contributed by atoms with van der Waals surface area (Å²) in [5.41, 5.74) is 0.763. The highest BCUT2D eigenvalue weighted by Gasteiger charge is 2.42. The first-order valence-corrected chi connectivity index (χ1v) is 8.06. The molecule has 0 spiro atoms. The molecular formula is C15H20N2O3S. The number of anilines is 1. The lowest BCUT2D eigenvalue weighted by molar-refractivity contribution is -0.141. The van der Waals surface area contributed by atoms with E-state index in [0.717, 1.165) is 18.5 Å². The Morgan fingerprint density at radius 2 is 2.05 bits per heavy atom. The van der Waals surface area contributed by atoms with Crippen LogP contribution in [-0.4, -0.2) is 46.2 Å². The number of nitrogens with zero attached hydrogens (tertiary/aromatic N) is 2. The Balaban J connectivity index is 2.22. The summed E-state index contributed by atoms with van der Waals surface area (Å²) in [6, 6.07) is 8.28. The van der Waals surface area contributed by atoms with E-state index in [-0.39, 0.29) is 11.4 Å². The number of hydrogen-bond acceptors (Lipinski definition) is 3. The quantitative estimate of drug-likeness (QED) is 0.929. The number of benzene rings is 1. The summed E-state index contributed by atoms with van der Waals surface area (Å²) in [7, 11) is 1.68. The second kappa shape index (κ2) is 6.85. The maximum absolute atomic E-state index is 12.7. The van der Waals surface area contributed by atoms with E-state index in [1.807, 2.05) is 37.3 Å². The first-order chi connectivity index (χ1) is 10.1. The Morgan fingerprint density at radius 1 is 1.38 bits per heavy atom. The van der Waals surface area contributed by atoms with Crippen LogP contribution in [0.5, 0.6) is 0 Å². The minimum Gasteiger partial charge on any atom is -0.480 e. The third-order valence-electron chi connectivity index (χ3n) is 3.56. The molecule has 6 heteroatoms. The lowest BCUT2D eigenvalue weighted by Gasteiger charge is -2.31. The molecule has 2 rings (SSSR count). The first-order valence-electron chi connectivity index (χ1n) is 7.01. The van der Waals surface area contributed by atoms with Gasteiger partial charge >= 0.3 is 12.0 Å². The van der Waals surface area contributed by atoms with Crippen molar-refractivity contribution in [3.05, 3.63) is 30.3 Å². The van der Waals surface area contributed by atoms with Gasteiger partial charge in [-0.1, -0.05) is 31.5 Å². The Hall–Kier alpha value is -1.69. The number of amides is 2. The summed E-state index contributed by atoms with van der Waals surface area (Å²) in [6.07, 6.45) is 1.73. The van der Waals surface area contributed by atoms with E-state index in [1.165, 1.54) is 9.80 Å². The summed E-state index contributed by atoms with van der Waals surface area (Å²) in [6.45, 7) is 2.04. The first kappa shape index (κ1) is 15.7. The Bertz CT molecular complexity index is 509. The van der Waals surface area contributed by atoms with E-state index >= 15 is 0 Å². The number of carbonyl (C=O) groups excluding carboxylic acids is 1. The molecule has 1 aliphatic heterocycles. The van der Waals surface area contributed by atoms with Crippen molar-refractivity contribution in [3.8, 4) is 0 Å². The standard InChI is InChI=1S/C15H20N2O3S/c1-3-7-13-17(12(10-21-13)14(18)19)15(20)16(2)11-8-5-4-6-9-11/h4-6,8-9,12-13H,3,7,10H2,1-2H3,(H,18,19). The van der Waals surface area contributed by atoms with Crippen molar-refractivity contribution in [1.29, 1.82) is 0 Å². The molecule has 1 aromatic carbocycles. The lowest BCUT2D eigenvalue weighted by atomic mass is 10.2. The van der Waals surface area contributed by atoms with Crippen LogP contribution in [0.15, 0.2) is 30.3 Å². The molecule has 0 radical (unpaired) electrons. The van der Waals surface area contributed by atoms with Gasteiger partial charge < -0.3 is 5.11 Å². The van der Waals surface area contributed by atoms with Gasteiger partial charge in [-0.2, -0.15) is 0 Å². The van der Waals surface area contributed by atoms with Crippen molar-refractivity contribution in [2.45, 2.75) is 31.2 Å². The maximum Gasteiger partial charge on any atom is 0.327 e. The predicted molar refractivity (Wildman–Crippen MR) is 84.7 cm³/mol. The number of carboxylic acids is 1. The van der Waals surface area contributed by atoms with Crippen LogP contribution in [0.2, 0.25) is 0 Å². The number of carbonyl (C=O) groups is 2. The van der Waals surface area contributed by atoms with Gasteiger partial charge in [0, 0.05) is 18.5 Å². The fourth-order valence-electron chi connectivity index (χ4n) is 2.41. The van der Waals surface area contributed by atoms with Gasteiger partial charge in [0.15, 0.2) is 0 Å². The second-order valence-electron chi connectivity index (χ2n) is 5.02. The van der Waals surface area contributed by atoms with Crippen molar-refractivity contribution >= 4 is 29.4 Å². The van der Waals surface area contributed by atoms with E-state index in [9.17, 15) is 14.7 Å². The Morgan fingerprint density at radius 3 is 2.62 bits per heavy atom. The summed E-state index contributed by atoms with van der Waals surface area (Å²) in [5, 5.41) is 9.28. The van der Waals surface area contributed by atoms with Crippen LogP contribution in [0.3, 0.4) is 0 Å². The fraction of sp³-hybridized carbons (Fsp3) is 0.467. The summed E-state index contributed by atoms with van der Waals surface area (Å²) in [5.74, 6) is -0.482. The number of rotatable bonds is 4. The zero-order valence-electron chi connectivity index (χ0n) is 12.2. The molecule has 1 aromatic rings. The molecule has 0 saturated carbocycles. The highest BCUT2D eigenvalue weighted by Crippen LogP contribution is 2.33. The van der Waals surface area contributed by atoms with Crippen LogP contribution in [0, 0.1) is 0 Å². The van der Waals surface area contributed by atoms with E-state index < -0.39 is 12.0 Å². The number of para-hydroxylation sites is 1. The molecule has 0 bridgehead atoms. The molecule has 1 heterocycles. The molecule has 1 fully saturated rings. The van der Waals surface area contributed by atoms with E-state index in [0.29, 0.717) is 5.75 Å². The van der Waals surface area contributed by atoms with Gasteiger partial charge in [-0.25, -0.2) is 9.59 Å². The van der Waals surface area contributed by atoms with E-state index in [2.05, 4.69) is 0 Å². The van der Waals surface area contributed by atoms with Crippen LogP contribution >= 0.6 is 11.8 Å². The number of hydrogen-bond donors (Lipinski definition) is 1. The van der Waals surface area contributed by atoms with Gasteiger partial charge in [0.1, 0.15) is 6.04 Å². The predicted octanol–water partition coefficient (Wildman–Crippen LogP) is 2.87. The average Bonchev–Trinajstić information content (AvgIpc) is 2.91. The number of carboxylic acid groups (broad SMARTS) is 1. The van der Waals surface area contributed by atoms with Gasteiger partial charge in [0.2, 0.25) is 0 Å². The van der Waals surface area contributed by atoms with Crippen molar-refractivity contribution in [3.63, 3.8) is 0 Å². The van der Waals surface area contributed by atoms with Gasteiger partial charge in [0.05, 0.1) is 5.37 Å². The molecular weight excluding hydrogens is 288 g/mol. The van der Waals surface area contributed by atoms with Crippen LogP contribution in [0.1, 0.15) is 19.8 Å². The Labute approximate surface area is 128 Å². The van der Waals surface area contributed by atoms with Gasteiger partial charge in [0.25, 0.3) is 0 Å². The molecule has 1 aliphatic rings. The van der Waals surface area contributed by atoms with Crippen molar-refractivity contribution in [2.75, 3.05) is 17.7 Å². The number of urea groups is 1. The zero-order chi connectivity index (χ0) is 15.4. The molecule has 0 aliphatic carbocycles. The third-order valence-corrected chi connectivity index (χ3v) is 4.92. The van der Waals surface area contributed by atoms with Gasteiger partial charge in [-0.3, -0.25) is 9.80 Å². The average molecular weight is 308 g/mol. The minimum absolute atomic E-state index is 0.0604. The largest absolute Gasteiger partial charge is 0.480 e. The smallest absolute Gasteiger partial charge is 0.327 e.